The average Bonchev–Trinajstić information content (AvgIpc) is 2.32. The maximum Gasteiger partial charge on any atom is 0.0342 e. The van der Waals surface area contributed by atoms with Crippen molar-refractivity contribution in [2.45, 2.75) is 72.3 Å². The molecule has 0 saturated heterocycles. The molecule has 1 aliphatic carbocycles. The fourth-order valence-corrected chi connectivity index (χ4v) is 3.44. The Morgan fingerprint density at radius 2 is 1.70 bits per heavy atom. The van der Waals surface area contributed by atoms with E-state index in [0.717, 1.165) is 5.92 Å². The molecule has 1 nitrogen and oxygen atoms in total. The fourth-order valence-electron chi connectivity index (χ4n) is 3.44. The molecule has 1 saturated carbocycles. The minimum atomic E-state index is 0.237. The third-order valence-electron chi connectivity index (χ3n) is 4.80. The average molecular weight is 273 g/mol. The molecule has 0 spiro atoms. The van der Waals surface area contributed by atoms with Crippen LogP contribution in [-0.4, -0.2) is 6.04 Å². The summed E-state index contributed by atoms with van der Waals surface area (Å²) < 4.78 is 0. The van der Waals surface area contributed by atoms with Crippen molar-refractivity contribution in [3.63, 3.8) is 0 Å². The SMILES string of the molecule is CC1CC(C)(C)CCC1Nc1ccc(C(C)(C)C)cc1. The molecule has 0 amide bonds. The van der Waals surface area contributed by atoms with Gasteiger partial charge in [-0.1, -0.05) is 53.7 Å². The number of nitrogens with one attached hydrogen (secondary N) is 1. The zero-order valence-electron chi connectivity index (χ0n) is 14.1. The molecule has 0 heterocycles. The van der Waals surface area contributed by atoms with E-state index in [1.54, 1.807) is 0 Å². The maximum absolute atomic E-state index is 3.75. The third kappa shape index (κ3) is 3.77. The summed E-state index contributed by atoms with van der Waals surface area (Å²) in [6, 6.07) is 9.64. The van der Waals surface area contributed by atoms with Crippen molar-refractivity contribution in [1.29, 1.82) is 0 Å². The lowest BCUT2D eigenvalue weighted by Crippen LogP contribution is -2.36. The van der Waals surface area contributed by atoms with Gasteiger partial charge in [-0.15, -0.1) is 0 Å². The molecule has 1 N–H and O–H groups in total. The molecule has 1 aromatic carbocycles. The largest absolute Gasteiger partial charge is 0.382 e. The van der Waals surface area contributed by atoms with E-state index in [2.05, 4.69) is 71.1 Å². The Kier molecular flexibility index (Phi) is 4.18. The van der Waals surface area contributed by atoms with Crippen LogP contribution in [0.3, 0.4) is 0 Å². The van der Waals surface area contributed by atoms with E-state index in [1.807, 2.05) is 0 Å². The standard InChI is InChI=1S/C19H31N/c1-14-13-19(5,6)12-11-17(14)20-16-9-7-15(8-10-16)18(2,3)4/h7-10,14,17,20H,11-13H2,1-6H3. The van der Waals surface area contributed by atoms with Gasteiger partial charge in [-0.2, -0.15) is 0 Å². The van der Waals surface area contributed by atoms with Crippen LogP contribution in [-0.2, 0) is 5.41 Å². The van der Waals surface area contributed by atoms with Crippen molar-refractivity contribution in [3.8, 4) is 0 Å². The van der Waals surface area contributed by atoms with Crippen LogP contribution in [0.15, 0.2) is 24.3 Å². The molecule has 20 heavy (non-hydrogen) atoms. The first-order valence-electron chi connectivity index (χ1n) is 8.04. The Bertz CT molecular complexity index is 436. The van der Waals surface area contributed by atoms with Gasteiger partial charge in [0.1, 0.15) is 0 Å². The summed E-state index contributed by atoms with van der Waals surface area (Å²) in [5, 5.41) is 3.75. The molecule has 2 unspecified atom stereocenters. The minimum absolute atomic E-state index is 0.237. The molecule has 0 aliphatic heterocycles. The molecule has 1 aromatic rings. The van der Waals surface area contributed by atoms with E-state index < -0.39 is 0 Å². The lowest BCUT2D eigenvalue weighted by molar-refractivity contribution is 0.177. The van der Waals surface area contributed by atoms with Gasteiger partial charge >= 0.3 is 0 Å². The van der Waals surface area contributed by atoms with Gasteiger partial charge in [-0.25, -0.2) is 0 Å². The summed E-state index contributed by atoms with van der Waals surface area (Å²) in [6.07, 6.45) is 3.94. The molecule has 1 heteroatoms. The van der Waals surface area contributed by atoms with Gasteiger partial charge in [0.15, 0.2) is 0 Å². The van der Waals surface area contributed by atoms with Crippen LogP contribution >= 0.6 is 0 Å². The van der Waals surface area contributed by atoms with Gasteiger partial charge in [0.05, 0.1) is 0 Å². The summed E-state index contributed by atoms with van der Waals surface area (Å²) in [5.74, 6) is 0.751. The Hall–Kier alpha value is -0.980. The molecule has 0 bridgehead atoms. The lowest BCUT2D eigenvalue weighted by Gasteiger charge is -2.40. The first-order valence-corrected chi connectivity index (χ1v) is 8.04. The molecular weight excluding hydrogens is 242 g/mol. The van der Waals surface area contributed by atoms with Crippen LogP contribution in [0.2, 0.25) is 0 Å². The van der Waals surface area contributed by atoms with Crippen LogP contribution < -0.4 is 5.32 Å². The summed E-state index contributed by atoms with van der Waals surface area (Å²) in [4.78, 5) is 0. The second-order valence-electron chi connectivity index (χ2n) is 8.46. The summed E-state index contributed by atoms with van der Waals surface area (Å²) in [6.45, 7) is 14.0. The van der Waals surface area contributed by atoms with Gasteiger partial charge < -0.3 is 5.32 Å². The second kappa shape index (κ2) is 5.42. The highest BCUT2D eigenvalue weighted by molar-refractivity contribution is 5.46. The Labute approximate surface area is 125 Å². The topological polar surface area (TPSA) is 12.0 Å². The Morgan fingerprint density at radius 1 is 1.10 bits per heavy atom. The number of anilines is 1. The van der Waals surface area contributed by atoms with E-state index in [-0.39, 0.29) is 5.41 Å². The van der Waals surface area contributed by atoms with Gasteiger partial charge in [-0.05, 0) is 53.7 Å². The molecule has 0 radical (unpaired) electrons. The lowest BCUT2D eigenvalue weighted by atomic mass is 9.70. The molecule has 1 aliphatic rings. The first-order chi connectivity index (χ1) is 9.17. The van der Waals surface area contributed by atoms with Gasteiger partial charge in [0.25, 0.3) is 0 Å². The van der Waals surface area contributed by atoms with E-state index in [1.165, 1.54) is 30.5 Å². The van der Waals surface area contributed by atoms with Crippen molar-refractivity contribution in [3.05, 3.63) is 29.8 Å². The van der Waals surface area contributed by atoms with Crippen molar-refractivity contribution < 1.29 is 0 Å². The van der Waals surface area contributed by atoms with Crippen molar-refractivity contribution >= 4 is 5.69 Å². The molecule has 0 aromatic heterocycles. The van der Waals surface area contributed by atoms with Gasteiger partial charge in [0.2, 0.25) is 0 Å². The highest BCUT2D eigenvalue weighted by atomic mass is 14.9. The fraction of sp³-hybridized carbons (Fsp3) is 0.684. The monoisotopic (exact) mass is 273 g/mol. The van der Waals surface area contributed by atoms with Crippen LogP contribution in [0.1, 0.15) is 66.4 Å². The molecule has 2 atom stereocenters. The highest BCUT2D eigenvalue weighted by Crippen LogP contribution is 2.39. The van der Waals surface area contributed by atoms with Gasteiger partial charge in [-0.3, -0.25) is 0 Å². The van der Waals surface area contributed by atoms with Crippen molar-refractivity contribution in [2.24, 2.45) is 11.3 Å². The Balaban J connectivity index is 2.01. The molecule has 1 fully saturated rings. The zero-order chi connectivity index (χ0) is 15.0. The normalized spacial score (nSPS) is 26.3. The van der Waals surface area contributed by atoms with E-state index >= 15 is 0 Å². The van der Waals surface area contributed by atoms with Crippen LogP contribution in [0, 0.1) is 11.3 Å². The summed E-state index contributed by atoms with van der Waals surface area (Å²) in [7, 11) is 0. The molecule has 2 rings (SSSR count). The minimum Gasteiger partial charge on any atom is -0.382 e. The predicted molar refractivity (Wildman–Crippen MR) is 89.3 cm³/mol. The number of hydrogen-bond acceptors (Lipinski definition) is 1. The summed E-state index contributed by atoms with van der Waals surface area (Å²) in [5.41, 5.74) is 3.43. The van der Waals surface area contributed by atoms with E-state index in [4.69, 9.17) is 0 Å². The zero-order valence-corrected chi connectivity index (χ0v) is 14.1. The van der Waals surface area contributed by atoms with Crippen molar-refractivity contribution in [2.75, 3.05) is 5.32 Å². The van der Waals surface area contributed by atoms with E-state index in [9.17, 15) is 0 Å². The summed E-state index contributed by atoms with van der Waals surface area (Å²) >= 11 is 0. The number of hydrogen-bond donors (Lipinski definition) is 1. The van der Waals surface area contributed by atoms with Crippen LogP contribution in [0.5, 0.6) is 0 Å². The molecular formula is C19H31N. The Morgan fingerprint density at radius 3 is 2.20 bits per heavy atom. The second-order valence-corrected chi connectivity index (χ2v) is 8.46. The highest BCUT2D eigenvalue weighted by Gasteiger charge is 2.32. The van der Waals surface area contributed by atoms with Gasteiger partial charge in [0, 0.05) is 11.7 Å². The number of rotatable bonds is 2. The maximum atomic E-state index is 3.75. The van der Waals surface area contributed by atoms with Crippen molar-refractivity contribution in [1.82, 2.24) is 0 Å². The third-order valence-corrected chi connectivity index (χ3v) is 4.80. The molecule has 112 valence electrons. The van der Waals surface area contributed by atoms with Crippen LogP contribution in [0.4, 0.5) is 5.69 Å². The number of benzene rings is 1. The predicted octanol–water partition coefficient (Wildman–Crippen LogP) is 5.61. The smallest absolute Gasteiger partial charge is 0.0342 e. The quantitative estimate of drug-likeness (QED) is 0.738. The van der Waals surface area contributed by atoms with E-state index in [0.29, 0.717) is 11.5 Å². The first kappa shape index (κ1) is 15.4. The van der Waals surface area contributed by atoms with Crippen LogP contribution in [0.25, 0.3) is 0 Å².